The fourth-order valence-electron chi connectivity index (χ4n) is 1.18. The molecule has 0 fully saturated rings. The number of carboxylic acids is 1. The van der Waals surface area contributed by atoms with Gasteiger partial charge in [0, 0.05) is 5.02 Å². The fraction of sp³-hybridized carbons (Fsp3) is 0.125. The number of aliphatic carboxylic acids is 1. The minimum absolute atomic E-state index is 0.211. The molecule has 1 N–H and O–H groups in total. The zero-order chi connectivity index (χ0) is 10.1. The molecular formula is C8H6ClN3O2. The summed E-state index contributed by atoms with van der Waals surface area (Å²) in [5.74, 6) is -0.961. The summed E-state index contributed by atoms with van der Waals surface area (Å²) in [6.07, 6.45) is 0. The van der Waals surface area contributed by atoms with Crippen LogP contribution in [0.3, 0.4) is 0 Å². The van der Waals surface area contributed by atoms with Crippen molar-refractivity contribution in [1.29, 1.82) is 0 Å². The van der Waals surface area contributed by atoms with Gasteiger partial charge in [-0.25, -0.2) is 4.68 Å². The Hall–Kier alpha value is -1.62. The predicted molar refractivity (Wildman–Crippen MR) is 50.2 cm³/mol. The van der Waals surface area contributed by atoms with Gasteiger partial charge in [-0.1, -0.05) is 16.8 Å². The number of benzene rings is 1. The SMILES string of the molecule is O=C(O)Cn1nnc2ccc(Cl)cc21. The molecule has 72 valence electrons. The zero-order valence-corrected chi connectivity index (χ0v) is 7.77. The average Bonchev–Trinajstić information content (AvgIpc) is 2.47. The van der Waals surface area contributed by atoms with Crippen molar-refractivity contribution in [2.45, 2.75) is 6.54 Å². The molecule has 2 rings (SSSR count). The van der Waals surface area contributed by atoms with Crippen molar-refractivity contribution in [2.24, 2.45) is 0 Å². The van der Waals surface area contributed by atoms with E-state index in [2.05, 4.69) is 10.3 Å². The van der Waals surface area contributed by atoms with Gasteiger partial charge in [0.25, 0.3) is 0 Å². The van der Waals surface area contributed by atoms with Gasteiger partial charge in [-0.15, -0.1) is 5.10 Å². The molecule has 0 bridgehead atoms. The maximum atomic E-state index is 10.5. The van der Waals surface area contributed by atoms with E-state index in [-0.39, 0.29) is 6.54 Å². The maximum Gasteiger partial charge on any atom is 0.325 e. The molecule has 2 aromatic rings. The Morgan fingerprint density at radius 1 is 1.57 bits per heavy atom. The Bertz CT molecular complexity index is 494. The Labute approximate surface area is 83.9 Å². The molecule has 0 amide bonds. The van der Waals surface area contributed by atoms with E-state index in [1.165, 1.54) is 4.68 Å². The number of hydrogen-bond acceptors (Lipinski definition) is 3. The number of fused-ring (bicyclic) bond motifs is 1. The first kappa shape index (κ1) is 8.96. The van der Waals surface area contributed by atoms with E-state index in [1.54, 1.807) is 18.2 Å². The second-order valence-electron chi connectivity index (χ2n) is 2.77. The number of hydrogen-bond donors (Lipinski definition) is 1. The fourth-order valence-corrected chi connectivity index (χ4v) is 1.35. The van der Waals surface area contributed by atoms with E-state index >= 15 is 0 Å². The van der Waals surface area contributed by atoms with Crippen molar-refractivity contribution in [1.82, 2.24) is 15.0 Å². The highest BCUT2D eigenvalue weighted by molar-refractivity contribution is 6.31. The van der Waals surface area contributed by atoms with Gasteiger partial charge in [0.1, 0.15) is 12.1 Å². The van der Waals surface area contributed by atoms with Crippen LogP contribution in [0.5, 0.6) is 0 Å². The van der Waals surface area contributed by atoms with Crippen LogP contribution in [0.1, 0.15) is 0 Å². The van der Waals surface area contributed by atoms with Crippen molar-refractivity contribution in [2.75, 3.05) is 0 Å². The first-order valence-electron chi connectivity index (χ1n) is 3.87. The number of carboxylic acid groups (broad SMARTS) is 1. The van der Waals surface area contributed by atoms with Crippen molar-refractivity contribution < 1.29 is 9.90 Å². The number of rotatable bonds is 2. The summed E-state index contributed by atoms with van der Waals surface area (Å²) < 4.78 is 1.30. The van der Waals surface area contributed by atoms with E-state index < -0.39 is 5.97 Å². The minimum Gasteiger partial charge on any atom is -0.480 e. The summed E-state index contributed by atoms with van der Waals surface area (Å²) in [6.45, 7) is -0.211. The van der Waals surface area contributed by atoms with Gasteiger partial charge in [-0.05, 0) is 18.2 Å². The number of nitrogens with zero attached hydrogens (tertiary/aromatic N) is 3. The number of halogens is 1. The van der Waals surface area contributed by atoms with Crippen LogP contribution in [0.15, 0.2) is 18.2 Å². The van der Waals surface area contributed by atoms with Gasteiger partial charge < -0.3 is 5.11 Å². The third-order valence-electron chi connectivity index (χ3n) is 1.76. The lowest BCUT2D eigenvalue weighted by Gasteiger charge is -1.96. The smallest absolute Gasteiger partial charge is 0.325 e. The van der Waals surface area contributed by atoms with Crippen LogP contribution in [0, 0.1) is 0 Å². The molecule has 1 aromatic carbocycles. The van der Waals surface area contributed by atoms with Gasteiger partial charge >= 0.3 is 5.97 Å². The van der Waals surface area contributed by atoms with Crippen molar-refractivity contribution in [3.8, 4) is 0 Å². The van der Waals surface area contributed by atoms with E-state index in [0.717, 1.165) is 0 Å². The van der Waals surface area contributed by atoms with Crippen molar-refractivity contribution in [3.05, 3.63) is 23.2 Å². The lowest BCUT2D eigenvalue weighted by atomic mass is 10.3. The summed E-state index contributed by atoms with van der Waals surface area (Å²) >= 11 is 5.77. The van der Waals surface area contributed by atoms with E-state index in [4.69, 9.17) is 16.7 Å². The monoisotopic (exact) mass is 211 g/mol. The summed E-state index contributed by atoms with van der Waals surface area (Å²) in [5, 5.41) is 16.6. The minimum atomic E-state index is -0.961. The molecule has 0 atom stereocenters. The standard InChI is InChI=1S/C8H6ClN3O2/c9-5-1-2-6-7(3-5)12(11-10-6)4-8(13)14/h1-3H,4H2,(H,13,14). The summed E-state index contributed by atoms with van der Waals surface area (Å²) in [7, 11) is 0. The first-order valence-corrected chi connectivity index (χ1v) is 4.25. The second kappa shape index (κ2) is 3.26. The molecule has 1 heterocycles. The van der Waals surface area contributed by atoms with E-state index in [9.17, 15) is 4.79 Å². The van der Waals surface area contributed by atoms with Crippen LogP contribution in [-0.4, -0.2) is 26.1 Å². The van der Waals surface area contributed by atoms with Crippen LogP contribution in [0.25, 0.3) is 11.0 Å². The zero-order valence-electron chi connectivity index (χ0n) is 7.01. The molecule has 5 nitrogen and oxygen atoms in total. The van der Waals surface area contributed by atoms with Gasteiger partial charge in [-0.3, -0.25) is 4.79 Å². The maximum absolute atomic E-state index is 10.5. The van der Waals surface area contributed by atoms with Crippen LogP contribution < -0.4 is 0 Å². The average molecular weight is 212 g/mol. The van der Waals surface area contributed by atoms with Crippen LogP contribution in [-0.2, 0) is 11.3 Å². The molecule has 14 heavy (non-hydrogen) atoms. The topological polar surface area (TPSA) is 68.0 Å². The number of carbonyl (C=O) groups is 1. The summed E-state index contributed by atoms with van der Waals surface area (Å²) in [6, 6.07) is 5.02. The molecule has 0 aliphatic heterocycles. The summed E-state index contributed by atoms with van der Waals surface area (Å²) in [5.41, 5.74) is 1.26. The molecule has 0 spiro atoms. The number of aromatic nitrogens is 3. The second-order valence-corrected chi connectivity index (χ2v) is 3.21. The predicted octanol–water partition coefficient (Wildman–Crippen LogP) is 1.17. The molecule has 1 aromatic heterocycles. The Morgan fingerprint density at radius 2 is 2.36 bits per heavy atom. The normalized spacial score (nSPS) is 10.6. The third kappa shape index (κ3) is 1.54. The van der Waals surface area contributed by atoms with Crippen LogP contribution in [0.2, 0.25) is 5.02 Å². The van der Waals surface area contributed by atoms with Gasteiger partial charge in [0.2, 0.25) is 0 Å². The van der Waals surface area contributed by atoms with E-state index in [0.29, 0.717) is 16.1 Å². The molecule has 0 aliphatic carbocycles. The van der Waals surface area contributed by atoms with Crippen molar-refractivity contribution >= 4 is 28.6 Å². The first-order chi connectivity index (χ1) is 6.66. The molecular weight excluding hydrogens is 206 g/mol. The summed E-state index contributed by atoms with van der Waals surface area (Å²) in [4.78, 5) is 10.5. The Balaban J connectivity index is 2.55. The molecule has 0 unspecified atom stereocenters. The molecule has 0 aliphatic rings. The molecule has 0 radical (unpaired) electrons. The third-order valence-corrected chi connectivity index (χ3v) is 2.00. The lowest BCUT2D eigenvalue weighted by Crippen LogP contribution is -2.09. The molecule has 0 saturated carbocycles. The largest absolute Gasteiger partial charge is 0.480 e. The quantitative estimate of drug-likeness (QED) is 0.810. The highest BCUT2D eigenvalue weighted by Crippen LogP contribution is 2.16. The Morgan fingerprint density at radius 3 is 3.07 bits per heavy atom. The Kier molecular flexibility index (Phi) is 2.09. The van der Waals surface area contributed by atoms with Crippen LogP contribution >= 0.6 is 11.6 Å². The van der Waals surface area contributed by atoms with Gasteiger partial charge in [-0.2, -0.15) is 0 Å². The van der Waals surface area contributed by atoms with Crippen LogP contribution in [0.4, 0.5) is 0 Å². The van der Waals surface area contributed by atoms with E-state index in [1.807, 2.05) is 0 Å². The molecule has 0 saturated heterocycles. The van der Waals surface area contributed by atoms with Crippen molar-refractivity contribution in [3.63, 3.8) is 0 Å². The van der Waals surface area contributed by atoms with Gasteiger partial charge in [0.05, 0.1) is 5.52 Å². The highest BCUT2D eigenvalue weighted by atomic mass is 35.5. The molecule has 6 heteroatoms. The van der Waals surface area contributed by atoms with Gasteiger partial charge in [0.15, 0.2) is 0 Å². The lowest BCUT2D eigenvalue weighted by molar-refractivity contribution is -0.137. The highest BCUT2D eigenvalue weighted by Gasteiger charge is 2.07.